The number of aliphatic hydroxyl groups is 1. The van der Waals surface area contributed by atoms with Gasteiger partial charge in [0, 0.05) is 12.5 Å². The van der Waals surface area contributed by atoms with Crippen LogP contribution >= 0.6 is 0 Å². The first-order chi connectivity index (χ1) is 10.6. The third-order valence-corrected chi connectivity index (χ3v) is 3.50. The van der Waals surface area contributed by atoms with Crippen molar-refractivity contribution in [1.82, 2.24) is 0 Å². The molecule has 3 rings (SSSR count). The van der Waals surface area contributed by atoms with Crippen LogP contribution in [0.5, 0.6) is 0 Å². The van der Waals surface area contributed by atoms with E-state index in [1.165, 1.54) is 17.7 Å². The molecule has 0 saturated carbocycles. The second-order valence-electron chi connectivity index (χ2n) is 5.22. The molecule has 1 heterocycles. The Morgan fingerprint density at radius 2 is 1.86 bits per heavy atom. The lowest BCUT2D eigenvalue weighted by atomic mass is 10.0. The van der Waals surface area contributed by atoms with E-state index in [0.29, 0.717) is 12.2 Å². The monoisotopic (exact) mass is 292 g/mol. The minimum Gasteiger partial charge on any atom is -0.504 e. The van der Waals surface area contributed by atoms with Crippen LogP contribution in [-0.4, -0.2) is 10.9 Å². The van der Waals surface area contributed by atoms with Crippen molar-refractivity contribution >= 4 is 22.3 Å². The van der Waals surface area contributed by atoms with Crippen LogP contribution in [0.4, 0.5) is 0 Å². The van der Waals surface area contributed by atoms with E-state index in [-0.39, 0.29) is 11.5 Å². The maximum atomic E-state index is 11.0. The van der Waals surface area contributed by atoms with E-state index in [2.05, 4.69) is 24.3 Å². The summed E-state index contributed by atoms with van der Waals surface area (Å²) in [5, 5.41) is 12.2. The number of carbonyl (C=O) groups is 1. The Balaban J connectivity index is 1.90. The fraction of sp³-hybridized carbons (Fsp3) is 0.105. The lowest BCUT2D eigenvalue weighted by molar-refractivity contribution is -0.112. The van der Waals surface area contributed by atoms with E-state index >= 15 is 0 Å². The maximum Gasteiger partial charge on any atom is 0.168 e. The molecule has 0 unspecified atom stereocenters. The summed E-state index contributed by atoms with van der Waals surface area (Å²) in [6, 6.07) is 17.9. The van der Waals surface area contributed by atoms with Crippen LogP contribution in [-0.2, 0) is 11.2 Å². The van der Waals surface area contributed by atoms with Crippen molar-refractivity contribution in [1.29, 1.82) is 0 Å². The number of benzene rings is 2. The summed E-state index contributed by atoms with van der Waals surface area (Å²) in [6.07, 6.45) is 1.79. The number of hydrogen-bond acceptors (Lipinski definition) is 3. The zero-order valence-corrected chi connectivity index (χ0v) is 12.2. The van der Waals surface area contributed by atoms with Crippen LogP contribution in [0.3, 0.4) is 0 Å². The Morgan fingerprint density at radius 1 is 1.09 bits per heavy atom. The summed E-state index contributed by atoms with van der Waals surface area (Å²) in [4.78, 5) is 11.0. The number of allylic oxidation sites excluding steroid dienone is 1. The second-order valence-corrected chi connectivity index (χ2v) is 5.22. The van der Waals surface area contributed by atoms with Gasteiger partial charge in [-0.15, -0.1) is 0 Å². The van der Waals surface area contributed by atoms with Crippen molar-refractivity contribution in [3.63, 3.8) is 0 Å². The molecule has 3 nitrogen and oxygen atoms in total. The first kappa shape index (κ1) is 14.1. The zero-order chi connectivity index (χ0) is 15.5. The van der Waals surface area contributed by atoms with Gasteiger partial charge < -0.3 is 9.52 Å². The molecule has 0 fully saturated rings. The lowest BCUT2D eigenvalue weighted by Gasteiger charge is -2.04. The molecule has 0 spiro atoms. The Kier molecular flexibility index (Phi) is 3.79. The van der Waals surface area contributed by atoms with Crippen molar-refractivity contribution in [2.24, 2.45) is 0 Å². The molecule has 3 aromatic rings. The molecule has 0 atom stereocenters. The van der Waals surface area contributed by atoms with Crippen molar-refractivity contribution in [2.45, 2.75) is 13.3 Å². The van der Waals surface area contributed by atoms with Gasteiger partial charge in [0.25, 0.3) is 0 Å². The summed E-state index contributed by atoms with van der Waals surface area (Å²) in [7, 11) is 0. The van der Waals surface area contributed by atoms with Gasteiger partial charge in [-0.2, -0.15) is 0 Å². The predicted molar refractivity (Wildman–Crippen MR) is 86.7 cm³/mol. The van der Waals surface area contributed by atoms with Crippen LogP contribution in [0.15, 0.2) is 65.1 Å². The minimum absolute atomic E-state index is 0.142. The van der Waals surface area contributed by atoms with Crippen LogP contribution in [0.25, 0.3) is 16.5 Å². The fourth-order valence-electron chi connectivity index (χ4n) is 2.51. The molecular weight excluding hydrogens is 276 g/mol. The van der Waals surface area contributed by atoms with Gasteiger partial charge in [-0.1, -0.05) is 42.5 Å². The molecule has 0 radical (unpaired) electrons. The van der Waals surface area contributed by atoms with Crippen LogP contribution in [0, 0.1) is 0 Å². The van der Waals surface area contributed by atoms with Crippen LogP contribution < -0.4 is 0 Å². The van der Waals surface area contributed by atoms with Gasteiger partial charge >= 0.3 is 0 Å². The van der Waals surface area contributed by atoms with E-state index in [9.17, 15) is 9.90 Å². The molecule has 0 aliphatic heterocycles. The summed E-state index contributed by atoms with van der Waals surface area (Å²) in [6.45, 7) is 1.39. The molecule has 0 saturated heterocycles. The highest BCUT2D eigenvalue weighted by Crippen LogP contribution is 2.23. The Hall–Kier alpha value is -2.81. The first-order valence-corrected chi connectivity index (χ1v) is 7.10. The number of ketones is 1. The quantitative estimate of drug-likeness (QED) is 0.568. The van der Waals surface area contributed by atoms with Gasteiger partial charge in [0.05, 0.1) is 0 Å². The molecular formula is C19H16O3. The van der Waals surface area contributed by atoms with Gasteiger partial charge in [-0.05, 0) is 35.4 Å². The summed E-state index contributed by atoms with van der Waals surface area (Å²) >= 11 is 0. The van der Waals surface area contributed by atoms with E-state index in [1.54, 1.807) is 6.07 Å². The van der Waals surface area contributed by atoms with Gasteiger partial charge in [0.1, 0.15) is 5.76 Å². The summed E-state index contributed by atoms with van der Waals surface area (Å²) in [5.41, 5.74) is 1.16. The number of fused-ring (bicyclic) bond motifs is 1. The molecule has 1 aromatic heterocycles. The van der Waals surface area contributed by atoms with Gasteiger partial charge in [0.15, 0.2) is 17.3 Å². The highest BCUT2D eigenvalue weighted by molar-refractivity contribution is 5.93. The normalized spacial score (nSPS) is 11.8. The fourth-order valence-corrected chi connectivity index (χ4v) is 2.51. The third kappa shape index (κ3) is 2.93. The first-order valence-electron chi connectivity index (χ1n) is 7.10. The molecule has 0 bridgehead atoms. The molecule has 0 amide bonds. The van der Waals surface area contributed by atoms with Gasteiger partial charge in [-0.3, -0.25) is 4.79 Å². The Morgan fingerprint density at radius 3 is 2.68 bits per heavy atom. The Labute approximate surface area is 128 Å². The van der Waals surface area contributed by atoms with Gasteiger partial charge in [0.2, 0.25) is 0 Å². The smallest absolute Gasteiger partial charge is 0.168 e. The molecule has 3 heteroatoms. The highest BCUT2D eigenvalue weighted by Gasteiger charge is 2.09. The number of carbonyl (C=O) groups excluding carboxylic acids is 1. The topological polar surface area (TPSA) is 50.4 Å². The summed E-state index contributed by atoms with van der Waals surface area (Å²) < 4.78 is 5.63. The lowest BCUT2D eigenvalue weighted by Crippen LogP contribution is -1.89. The number of furan rings is 1. The molecule has 2 aromatic carbocycles. The Bertz CT molecular complexity index is 851. The van der Waals surface area contributed by atoms with Crippen LogP contribution in [0.1, 0.15) is 24.0 Å². The van der Waals surface area contributed by atoms with Gasteiger partial charge in [-0.25, -0.2) is 0 Å². The number of rotatable bonds is 4. The minimum atomic E-state index is -0.218. The average Bonchev–Trinajstić information content (AvgIpc) is 2.96. The second kappa shape index (κ2) is 5.90. The largest absolute Gasteiger partial charge is 0.504 e. The average molecular weight is 292 g/mol. The van der Waals surface area contributed by atoms with Crippen molar-refractivity contribution < 1.29 is 14.3 Å². The number of aliphatic hydroxyl groups excluding tert-OH is 1. The van der Waals surface area contributed by atoms with E-state index in [1.807, 2.05) is 24.3 Å². The molecule has 0 aliphatic carbocycles. The SMILES string of the molecule is CC(=O)C=C(O)c1ccc(Cc2cccc3ccccc23)o1. The predicted octanol–water partition coefficient (Wildman–Crippen LogP) is 4.51. The maximum absolute atomic E-state index is 11.0. The number of hydrogen-bond donors (Lipinski definition) is 1. The van der Waals surface area contributed by atoms with Crippen molar-refractivity contribution in [3.05, 3.63) is 77.8 Å². The van der Waals surface area contributed by atoms with Crippen molar-refractivity contribution in [3.8, 4) is 0 Å². The zero-order valence-electron chi connectivity index (χ0n) is 12.2. The summed E-state index contributed by atoms with van der Waals surface area (Å²) in [5.74, 6) is 0.696. The van der Waals surface area contributed by atoms with E-state index in [0.717, 1.165) is 17.4 Å². The highest BCUT2D eigenvalue weighted by atomic mass is 16.4. The molecule has 22 heavy (non-hydrogen) atoms. The molecule has 110 valence electrons. The third-order valence-electron chi connectivity index (χ3n) is 3.50. The molecule has 1 N–H and O–H groups in total. The van der Waals surface area contributed by atoms with Crippen LogP contribution in [0.2, 0.25) is 0 Å². The standard InChI is InChI=1S/C19H16O3/c1-13(20)11-18(21)19-10-9-16(22-19)12-15-7-4-6-14-5-2-3-8-17(14)15/h2-11,21H,12H2,1H3. The molecule has 0 aliphatic rings. The van der Waals surface area contributed by atoms with E-state index < -0.39 is 0 Å². The van der Waals surface area contributed by atoms with E-state index in [4.69, 9.17) is 4.42 Å². The van der Waals surface area contributed by atoms with Crippen molar-refractivity contribution in [2.75, 3.05) is 0 Å².